The number of rotatable bonds is 7. The van der Waals surface area contributed by atoms with Crippen molar-refractivity contribution in [3.05, 3.63) is 0 Å². The predicted octanol–water partition coefficient (Wildman–Crippen LogP) is 4.35. The second kappa shape index (κ2) is 7.22. The molecule has 14 heavy (non-hydrogen) atoms. The Morgan fingerprint density at radius 1 is 1.14 bits per heavy atom. The van der Waals surface area contributed by atoms with E-state index in [0.29, 0.717) is 0 Å². The van der Waals surface area contributed by atoms with Gasteiger partial charge in [-0.15, -0.1) is 0 Å². The monoisotopic (exact) mass is 216 g/mol. The molecule has 0 aromatic rings. The molecule has 0 unspecified atom stereocenters. The molecule has 1 nitrogen and oxygen atoms in total. The van der Waals surface area contributed by atoms with E-state index < -0.39 is 0 Å². The zero-order chi connectivity index (χ0) is 11.0. The van der Waals surface area contributed by atoms with Gasteiger partial charge in [0.15, 0.2) is 5.05 Å². The van der Waals surface area contributed by atoms with E-state index in [-0.39, 0.29) is 5.41 Å². The van der Waals surface area contributed by atoms with E-state index in [1.54, 1.807) is 0 Å². The van der Waals surface area contributed by atoms with Gasteiger partial charge in [0.05, 0.1) is 6.61 Å². The fourth-order valence-corrected chi connectivity index (χ4v) is 1.26. The van der Waals surface area contributed by atoms with Crippen LogP contribution in [-0.4, -0.2) is 11.7 Å². The Bertz CT molecular complexity index is 164. The molecule has 84 valence electrons. The molecule has 0 aliphatic rings. The van der Waals surface area contributed by atoms with Crippen molar-refractivity contribution in [3.8, 4) is 0 Å². The van der Waals surface area contributed by atoms with Gasteiger partial charge in [-0.1, -0.05) is 47.0 Å². The van der Waals surface area contributed by atoms with Crippen molar-refractivity contribution >= 4 is 17.3 Å². The Morgan fingerprint density at radius 2 is 1.79 bits per heavy atom. The van der Waals surface area contributed by atoms with Gasteiger partial charge in [-0.25, -0.2) is 0 Å². The third kappa shape index (κ3) is 5.58. The molecule has 0 aromatic heterocycles. The van der Waals surface area contributed by atoms with E-state index in [1.807, 2.05) is 0 Å². The molecule has 0 spiro atoms. The Kier molecular flexibility index (Phi) is 7.16. The van der Waals surface area contributed by atoms with Crippen molar-refractivity contribution in [3.63, 3.8) is 0 Å². The van der Waals surface area contributed by atoms with Crippen molar-refractivity contribution in [1.82, 2.24) is 0 Å². The molecular weight excluding hydrogens is 192 g/mol. The molecule has 0 fully saturated rings. The first-order chi connectivity index (χ1) is 6.54. The lowest BCUT2D eigenvalue weighted by Gasteiger charge is -2.23. The largest absolute Gasteiger partial charge is 0.486 e. The van der Waals surface area contributed by atoms with Crippen LogP contribution in [0.2, 0.25) is 0 Å². The highest BCUT2D eigenvalue weighted by Gasteiger charge is 2.22. The molecule has 0 saturated carbocycles. The molecule has 0 aliphatic carbocycles. The van der Waals surface area contributed by atoms with Crippen LogP contribution in [0.5, 0.6) is 0 Å². The fourth-order valence-electron chi connectivity index (χ4n) is 1.03. The van der Waals surface area contributed by atoms with Gasteiger partial charge >= 0.3 is 0 Å². The summed E-state index contributed by atoms with van der Waals surface area (Å²) in [5.41, 5.74) is 0.0556. The predicted molar refractivity (Wildman–Crippen MR) is 66.8 cm³/mol. The van der Waals surface area contributed by atoms with Crippen molar-refractivity contribution in [2.45, 2.75) is 59.8 Å². The zero-order valence-electron chi connectivity index (χ0n) is 10.1. The summed E-state index contributed by atoms with van der Waals surface area (Å²) >= 11 is 5.25. The highest BCUT2D eigenvalue weighted by molar-refractivity contribution is 7.80. The maximum atomic E-state index is 5.58. The van der Waals surface area contributed by atoms with E-state index >= 15 is 0 Å². The molecule has 0 radical (unpaired) electrons. The normalized spacial score (nSPS) is 11.4. The number of unbranched alkanes of at least 4 members (excludes halogenated alkanes) is 3. The molecule has 0 aliphatic heterocycles. The molecule has 0 atom stereocenters. The Hall–Kier alpha value is -0.110. The number of hydrogen-bond acceptors (Lipinski definition) is 2. The van der Waals surface area contributed by atoms with Gasteiger partial charge in [0.25, 0.3) is 0 Å². The third-order valence-corrected chi connectivity index (χ3v) is 3.34. The number of ether oxygens (including phenoxy) is 1. The molecular formula is C12H24OS. The number of hydrogen-bond donors (Lipinski definition) is 0. The van der Waals surface area contributed by atoms with Gasteiger partial charge < -0.3 is 4.74 Å². The molecule has 0 aromatic carbocycles. The van der Waals surface area contributed by atoms with Crippen molar-refractivity contribution in [2.24, 2.45) is 5.41 Å². The second-order valence-corrected chi connectivity index (χ2v) is 4.80. The summed E-state index contributed by atoms with van der Waals surface area (Å²) in [5.74, 6) is 0. The maximum Gasteiger partial charge on any atom is 0.165 e. The third-order valence-electron chi connectivity index (χ3n) is 2.67. The van der Waals surface area contributed by atoms with Gasteiger partial charge in [-0.05, 0) is 25.1 Å². The molecule has 0 heterocycles. The topological polar surface area (TPSA) is 9.23 Å². The van der Waals surface area contributed by atoms with Crippen LogP contribution in [0, 0.1) is 5.41 Å². The summed E-state index contributed by atoms with van der Waals surface area (Å²) in [4.78, 5) is 0. The van der Waals surface area contributed by atoms with Crippen LogP contribution >= 0.6 is 12.2 Å². The highest BCUT2D eigenvalue weighted by Crippen LogP contribution is 2.23. The van der Waals surface area contributed by atoms with Crippen molar-refractivity contribution in [2.75, 3.05) is 6.61 Å². The minimum atomic E-state index is 0.0556. The van der Waals surface area contributed by atoms with E-state index in [1.165, 1.54) is 19.3 Å². The summed E-state index contributed by atoms with van der Waals surface area (Å²) in [6, 6.07) is 0. The van der Waals surface area contributed by atoms with E-state index in [2.05, 4.69) is 27.7 Å². The molecule has 0 rings (SSSR count). The van der Waals surface area contributed by atoms with Gasteiger partial charge in [0, 0.05) is 5.41 Å². The average molecular weight is 216 g/mol. The summed E-state index contributed by atoms with van der Waals surface area (Å²) in [5, 5.41) is 0.775. The smallest absolute Gasteiger partial charge is 0.165 e. The zero-order valence-corrected chi connectivity index (χ0v) is 10.9. The maximum absolute atomic E-state index is 5.58. The average Bonchev–Trinajstić information content (AvgIpc) is 2.17. The van der Waals surface area contributed by atoms with Crippen LogP contribution in [-0.2, 0) is 4.74 Å². The lowest BCUT2D eigenvalue weighted by atomic mass is 9.91. The van der Waals surface area contributed by atoms with E-state index in [0.717, 1.165) is 24.5 Å². The van der Waals surface area contributed by atoms with Gasteiger partial charge in [0.2, 0.25) is 0 Å². The van der Waals surface area contributed by atoms with E-state index in [4.69, 9.17) is 17.0 Å². The molecule has 0 N–H and O–H groups in total. The van der Waals surface area contributed by atoms with Gasteiger partial charge in [0.1, 0.15) is 0 Å². The Morgan fingerprint density at radius 3 is 2.29 bits per heavy atom. The minimum Gasteiger partial charge on any atom is -0.486 e. The first-order valence-corrected chi connectivity index (χ1v) is 6.12. The standard InChI is InChI=1S/C12H24OS/c1-5-7-8-9-10-13-11(14)12(3,4)6-2/h5-10H2,1-4H3. The summed E-state index contributed by atoms with van der Waals surface area (Å²) < 4.78 is 5.58. The van der Waals surface area contributed by atoms with Crippen LogP contribution in [0.15, 0.2) is 0 Å². The summed E-state index contributed by atoms with van der Waals surface area (Å²) in [6.07, 6.45) is 6.00. The molecule has 0 bridgehead atoms. The van der Waals surface area contributed by atoms with Crippen LogP contribution in [0.3, 0.4) is 0 Å². The van der Waals surface area contributed by atoms with Crippen molar-refractivity contribution in [1.29, 1.82) is 0 Å². The quantitative estimate of drug-likeness (QED) is 0.462. The highest BCUT2D eigenvalue weighted by atomic mass is 32.1. The lowest BCUT2D eigenvalue weighted by Crippen LogP contribution is -2.24. The lowest BCUT2D eigenvalue weighted by molar-refractivity contribution is 0.256. The minimum absolute atomic E-state index is 0.0556. The summed E-state index contributed by atoms with van der Waals surface area (Å²) in [6.45, 7) is 9.43. The first-order valence-electron chi connectivity index (χ1n) is 5.71. The fraction of sp³-hybridized carbons (Fsp3) is 0.917. The second-order valence-electron chi connectivity index (χ2n) is 4.43. The van der Waals surface area contributed by atoms with Crippen LogP contribution in [0.4, 0.5) is 0 Å². The molecule has 0 amide bonds. The van der Waals surface area contributed by atoms with Gasteiger partial charge in [-0.3, -0.25) is 0 Å². The van der Waals surface area contributed by atoms with Crippen LogP contribution < -0.4 is 0 Å². The Labute approximate surface area is 94.2 Å². The number of thiocarbonyl (C=S) groups is 1. The van der Waals surface area contributed by atoms with Crippen molar-refractivity contribution < 1.29 is 4.74 Å². The first kappa shape index (κ1) is 13.9. The van der Waals surface area contributed by atoms with Crippen LogP contribution in [0.1, 0.15) is 59.8 Å². The van der Waals surface area contributed by atoms with E-state index in [9.17, 15) is 0 Å². The molecule has 2 heteroatoms. The van der Waals surface area contributed by atoms with Gasteiger partial charge in [-0.2, -0.15) is 0 Å². The Balaban J connectivity index is 3.54. The molecule has 0 saturated heterocycles. The summed E-state index contributed by atoms with van der Waals surface area (Å²) in [7, 11) is 0. The van der Waals surface area contributed by atoms with Crippen LogP contribution in [0.25, 0.3) is 0 Å². The SMILES string of the molecule is CCCCCCOC(=S)C(C)(C)CC.